The summed E-state index contributed by atoms with van der Waals surface area (Å²) in [6, 6.07) is 19.0. The zero-order chi connectivity index (χ0) is 24.2. The molecule has 0 radical (unpaired) electrons. The molecule has 178 valence electrons. The van der Waals surface area contributed by atoms with Crippen molar-refractivity contribution in [2.24, 2.45) is 0 Å². The molecule has 2 unspecified atom stereocenters. The number of rotatable bonds is 9. The highest BCUT2D eigenvalue weighted by Gasteiger charge is 2.39. The number of benzene rings is 2. The molecule has 2 aromatic carbocycles. The number of hydrogen-bond acceptors (Lipinski definition) is 2. The van der Waals surface area contributed by atoms with Crippen molar-refractivity contribution in [2.45, 2.75) is 96.8 Å². The van der Waals surface area contributed by atoms with Crippen LogP contribution in [0.5, 0.6) is 5.75 Å². The highest BCUT2D eigenvalue weighted by atomic mass is 32.2. The Balaban J connectivity index is 2.38. The molecule has 0 saturated heterocycles. The lowest BCUT2D eigenvalue weighted by Crippen LogP contribution is -2.43. The van der Waals surface area contributed by atoms with Gasteiger partial charge < -0.3 is 4.43 Å². The molecule has 32 heavy (non-hydrogen) atoms. The molecule has 3 nitrogen and oxygen atoms in total. The summed E-state index contributed by atoms with van der Waals surface area (Å²) in [7, 11) is -3.01. The molecule has 2 atom stereocenters. The lowest BCUT2D eigenvalue weighted by molar-refractivity contribution is 0.311. The number of nitrogens with zero attached hydrogens (tertiary/aromatic N) is 1. The highest BCUT2D eigenvalue weighted by molar-refractivity contribution is 7.84. The van der Waals surface area contributed by atoms with Crippen molar-refractivity contribution in [3.05, 3.63) is 65.7 Å². The van der Waals surface area contributed by atoms with Gasteiger partial charge in [0.25, 0.3) is 0 Å². The molecule has 0 saturated carbocycles. The van der Waals surface area contributed by atoms with E-state index in [0.29, 0.717) is 6.54 Å². The Morgan fingerprint density at radius 2 is 1.50 bits per heavy atom. The molecule has 2 rings (SSSR count). The first-order valence-corrected chi connectivity index (χ1v) is 15.8. The average Bonchev–Trinajstić information content (AvgIpc) is 2.70. The molecule has 2 aromatic rings. The molecule has 0 fully saturated rings. The van der Waals surface area contributed by atoms with Gasteiger partial charge in [-0.2, -0.15) is 0 Å². The second-order valence-electron chi connectivity index (χ2n) is 11.2. The van der Waals surface area contributed by atoms with E-state index in [0.717, 1.165) is 18.6 Å². The molecule has 0 aliphatic carbocycles. The highest BCUT2D eigenvalue weighted by Crippen LogP contribution is 2.38. The fourth-order valence-corrected chi connectivity index (χ4v) is 5.82. The summed E-state index contributed by atoms with van der Waals surface area (Å²) in [6.07, 6.45) is 1.98. The third-order valence-corrected chi connectivity index (χ3v) is 12.5. The van der Waals surface area contributed by atoms with Crippen molar-refractivity contribution in [1.29, 1.82) is 0 Å². The largest absolute Gasteiger partial charge is 0.544 e. The molecule has 0 aromatic heterocycles. The number of hydrogen-bond donors (Lipinski definition) is 0. The van der Waals surface area contributed by atoms with Crippen LogP contribution in [0.4, 0.5) is 0 Å². The average molecular weight is 474 g/mol. The van der Waals surface area contributed by atoms with Gasteiger partial charge in [-0.1, -0.05) is 76.6 Å². The SMILES string of the molecule is CCCC(c1ccc(O[Si](C)(C)C(C)(C)C)cc1)N(Cc1ccccc1)S(=O)C(C)(C)C. The Kier molecular flexibility index (Phi) is 8.94. The summed E-state index contributed by atoms with van der Waals surface area (Å²) in [5.74, 6) is 0.933. The minimum atomic E-state index is -1.88. The van der Waals surface area contributed by atoms with E-state index < -0.39 is 19.3 Å². The van der Waals surface area contributed by atoms with Gasteiger partial charge in [0.15, 0.2) is 0 Å². The molecule has 0 aliphatic heterocycles. The molecule has 0 heterocycles. The van der Waals surface area contributed by atoms with Crippen LogP contribution in [0.15, 0.2) is 54.6 Å². The third-order valence-electron chi connectivity index (χ3n) is 6.27. The topological polar surface area (TPSA) is 29.5 Å². The summed E-state index contributed by atoms with van der Waals surface area (Å²) in [4.78, 5) is 0. The minimum absolute atomic E-state index is 0.0854. The minimum Gasteiger partial charge on any atom is -0.544 e. The van der Waals surface area contributed by atoms with E-state index in [1.165, 1.54) is 11.1 Å². The van der Waals surface area contributed by atoms with Gasteiger partial charge in [-0.05, 0) is 68.6 Å². The fourth-order valence-electron chi connectivity index (χ4n) is 3.36. The zero-order valence-electron chi connectivity index (χ0n) is 21.6. The van der Waals surface area contributed by atoms with Crippen molar-refractivity contribution < 1.29 is 8.63 Å². The summed E-state index contributed by atoms with van der Waals surface area (Å²) in [5.41, 5.74) is 2.38. The summed E-state index contributed by atoms with van der Waals surface area (Å²) < 4.78 is 22.0. The zero-order valence-corrected chi connectivity index (χ0v) is 23.4. The monoisotopic (exact) mass is 473 g/mol. The molecule has 0 amide bonds. The molecule has 0 spiro atoms. The first kappa shape index (κ1) is 26.8. The van der Waals surface area contributed by atoms with Crippen LogP contribution in [0, 0.1) is 0 Å². The van der Waals surface area contributed by atoms with E-state index in [-0.39, 0.29) is 15.8 Å². The van der Waals surface area contributed by atoms with Crippen LogP contribution in [0.1, 0.15) is 78.5 Å². The maximum Gasteiger partial charge on any atom is 0.250 e. The molecule has 0 bridgehead atoms. The normalized spacial score (nSPS) is 14.9. The third kappa shape index (κ3) is 7.03. The van der Waals surface area contributed by atoms with Crippen molar-refractivity contribution in [3.63, 3.8) is 0 Å². The predicted molar refractivity (Wildman–Crippen MR) is 142 cm³/mol. The van der Waals surface area contributed by atoms with Gasteiger partial charge in [-0.3, -0.25) is 0 Å². The molecule has 5 heteroatoms. The van der Waals surface area contributed by atoms with Crippen LogP contribution in [0.25, 0.3) is 0 Å². The Labute approximate surface area is 200 Å². The van der Waals surface area contributed by atoms with Gasteiger partial charge in [0.2, 0.25) is 8.32 Å². The standard InChI is InChI=1S/C27H43NO2SSi/c1-10-14-25(23-17-19-24(20-18-23)30-32(8,9)27(5,6)7)28(31(29)26(2,3)4)21-22-15-12-11-13-16-22/h11-13,15-20,25H,10,14,21H2,1-9H3. The van der Waals surface area contributed by atoms with Crippen LogP contribution < -0.4 is 4.43 Å². The van der Waals surface area contributed by atoms with Gasteiger partial charge in [0.05, 0.1) is 4.75 Å². The maximum atomic E-state index is 13.6. The quantitative estimate of drug-likeness (QED) is 0.347. The second-order valence-corrected chi connectivity index (χ2v) is 18.1. The van der Waals surface area contributed by atoms with Crippen molar-refractivity contribution in [2.75, 3.05) is 0 Å². The smallest absolute Gasteiger partial charge is 0.250 e. The van der Waals surface area contributed by atoms with Gasteiger partial charge in [0.1, 0.15) is 16.7 Å². The van der Waals surface area contributed by atoms with E-state index in [1.807, 2.05) is 6.07 Å². The van der Waals surface area contributed by atoms with Crippen LogP contribution in [0.3, 0.4) is 0 Å². The predicted octanol–water partition coefficient (Wildman–Crippen LogP) is 7.88. The Morgan fingerprint density at radius 3 is 1.97 bits per heavy atom. The summed E-state index contributed by atoms with van der Waals surface area (Å²) in [5, 5.41) is 0.159. The first-order valence-electron chi connectivity index (χ1n) is 11.8. The fraction of sp³-hybridized carbons (Fsp3) is 0.556. The van der Waals surface area contributed by atoms with Crippen LogP contribution in [-0.4, -0.2) is 21.6 Å². The Hall–Kier alpha value is -1.43. The first-order chi connectivity index (χ1) is 14.8. The summed E-state index contributed by atoms with van der Waals surface area (Å²) >= 11 is 0. The Morgan fingerprint density at radius 1 is 0.938 bits per heavy atom. The van der Waals surface area contributed by atoms with Crippen molar-refractivity contribution in [3.8, 4) is 5.75 Å². The van der Waals surface area contributed by atoms with E-state index in [2.05, 4.69) is 114 Å². The molecular formula is C27H43NO2SSi. The van der Waals surface area contributed by atoms with E-state index >= 15 is 0 Å². The van der Waals surface area contributed by atoms with Crippen LogP contribution >= 0.6 is 0 Å². The lowest BCUT2D eigenvalue weighted by atomic mass is 10.0. The molecule has 0 N–H and O–H groups in total. The molecular weight excluding hydrogens is 430 g/mol. The summed E-state index contributed by atoms with van der Waals surface area (Å²) in [6.45, 7) is 20.3. The van der Waals surface area contributed by atoms with Gasteiger partial charge in [0, 0.05) is 12.6 Å². The van der Waals surface area contributed by atoms with Crippen LogP contribution in [-0.2, 0) is 17.5 Å². The van der Waals surface area contributed by atoms with E-state index in [9.17, 15) is 4.21 Å². The van der Waals surface area contributed by atoms with Gasteiger partial charge in [-0.25, -0.2) is 8.51 Å². The Bertz CT molecular complexity index is 867. The van der Waals surface area contributed by atoms with Gasteiger partial charge >= 0.3 is 0 Å². The second kappa shape index (κ2) is 10.7. The van der Waals surface area contributed by atoms with Gasteiger partial charge in [-0.15, -0.1) is 0 Å². The van der Waals surface area contributed by atoms with E-state index in [1.54, 1.807) is 0 Å². The van der Waals surface area contributed by atoms with Crippen molar-refractivity contribution in [1.82, 2.24) is 4.31 Å². The van der Waals surface area contributed by atoms with Crippen molar-refractivity contribution >= 4 is 19.3 Å². The maximum absolute atomic E-state index is 13.6. The van der Waals surface area contributed by atoms with Crippen LogP contribution in [0.2, 0.25) is 18.1 Å². The lowest BCUT2D eigenvalue weighted by Gasteiger charge is -2.37. The molecule has 0 aliphatic rings. The van der Waals surface area contributed by atoms with E-state index in [4.69, 9.17) is 4.43 Å².